The molecule has 1 aromatic heterocycles. The predicted octanol–water partition coefficient (Wildman–Crippen LogP) is 2.69. The quantitative estimate of drug-likeness (QED) is 0.772. The van der Waals surface area contributed by atoms with Crippen molar-refractivity contribution in [2.45, 2.75) is 26.3 Å². The lowest BCUT2D eigenvalue weighted by Crippen LogP contribution is -2.34. The monoisotopic (exact) mass is 248 g/mol. The van der Waals surface area contributed by atoms with E-state index in [0.717, 1.165) is 37.4 Å². The highest BCUT2D eigenvalue weighted by Crippen LogP contribution is 2.21. The zero-order valence-electron chi connectivity index (χ0n) is 9.98. The molecule has 0 aromatic carbocycles. The Kier molecular flexibility index (Phi) is 3.93. The first kappa shape index (κ1) is 12.3. The lowest BCUT2D eigenvalue weighted by molar-refractivity contribution is 0.102. The van der Waals surface area contributed by atoms with Crippen LogP contribution in [0, 0.1) is 17.2 Å². The third kappa shape index (κ3) is 3.15. The van der Waals surface area contributed by atoms with Crippen molar-refractivity contribution < 1.29 is 4.79 Å². The van der Waals surface area contributed by atoms with E-state index in [2.05, 4.69) is 11.0 Å². The van der Waals surface area contributed by atoms with Crippen LogP contribution in [-0.4, -0.2) is 23.8 Å². The van der Waals surface area contributed by atoms with Gasteiger partial charge in [-0.1, -0.05) is 0 Å². The van der Waals surface area contributed by atoms with Crippen molar-refractivity contribution in [1.82, 2.24) is 4.90 Å². The van der Waals surface area contributed by atoms with E-state index < -0.39 is 0 Å². The number of thiophene rings is 1. The highest BCUT2D eigenvalue weighted by Gasteiger charge is 2.19. The molecular formula is C13H16N2OS. The lowest BCUT2D eigenvalue weighted by atomic mass is 9.99. The number of nitriles is 1. The van der Waals surface area contributed by atoms with Crippen molar-refractivity contribution in [1.29, 1.82) is 5.26 Å². The number of hydrogen-bond donors (Lipinski definition) is 0. The smallest absolute Gasteiger partial charge is 0.169 e. The van der Waals surface area contributed by atoms with Crippen molar-refractivity contribution >= 4 is 17.1 Å². The van der Waals surface area contributed by atoms with E-state index in [-0.39, 0.29) is 11.7 Å². The van der Waals surface area contributed by atoms with Crippen LogP contribution < -0.4 is 0 Å². The Morgan fingerprint density at radius 3 is 3.18 bits per heavy atom. The molecule has 3 nitrogen and oxygen atoms in total. The van der Waals surface area contributed by atoms with Gasteiger partial charge in [-0.2, -0.15) is 5.26 Å². The molecule has 1 fully saturated rings. The summed E-state index contributed by atoms with van der Waals surface area (Å²) in [5.74, 6) is 0.310. The third-order valence-electron chi connectivity index (χ3n) is 3.10. The van der Waals surface area contributed by atoms with Crippen molar-refractivity contribution in [2.75, 3.05) is 13.1 Å². The summed E-state index contributed by atoms with van der Waals surface area (Å²) in [7, 11) is 0. The van der Waals surface area contributed by atoms with Gasteiger partial charge in [0, 0.05) is 13.1 Å². The van der Waals surface area contributed by atoms with Gasteiger partial charge in [-0.05, 0) is 43.3 Å². The van der Waals surface area contributed by atoms with Crippen LogP contribution in [0.3, 0.4) is 0 Å². The molecule has 2 rings (SSSR count). The van der Waals surface area contributed by atoms with E-state index in [1.165, 1.54) is 16.9 Å². The van der Waals surface area contributed by atoms with Crippen LogP contribution in [0.1, 0.15) is 35.0 Å². The van der Waals surface area contributed by atoms with Gasteiger partial charge >= 0.3 is 0 Å². The number of carbonyl (C=O) groups is 1. The van der Waals surface area contributed by atoms with E-state index in [0.29, 0.717) is 0 Å². The van der Waals surface area contributed by atoms with Crippen LogP contribution in [0.4, 0.5) is 0 Å². The summed E-state index contributed by atoms with van der Waals surface area (Å²) in [6.07, 6.45) is 2.12. The summed E-state index contributed by atoms with van der Waals surface area (Å²) >= 11 is 1.51. The number of nitrogens with zero attached hydrogens (tertiary/aromatic N) is 2. The zero-order chi connectivity index (χ0) is 12.3. The Morgan fingerprint density at radius 1 is 1.71 bits per heavy atom. The number of Topliss-reactive ketones (excluding diaryl/α,β-unsaturated/α-hetero) is 1. The maximum absolute atomic E-state index is 11.2. The summed E-state index contributed by atoms with van der Waals surface area (Å²) in [5.41, 5.74) is 1.19. The molecule has 17 heavy (non-hydrogen) atoms. The van der Waals surface area contributed by atoms with Crippen LogP contribution in [0.25, 0.3) is 0 Å². The second kappa shape index (κ2) is 5.44. The molecule has 0 amide bonds. The standard InChI is InChI=1S/C13H16N2OS/c1-10(16)13-5-12(9-17-13)8-15-4-2-3-11(6-14)7-15/h5,9,11H,2-4,7-8H2,1H3/t11-/m0/s1. The number of likely N-dealkylation sites (tertiary alicyclic amines) is 1. The van der Waals surface area contributed by atoms with E-state index in [1.54, 1.807) is 6.92 Å². The average molecular weight is 248 g/mol. The molecule has 90 valence electrons. The maximum atomic E-state index is 11.2. The van der Waals surface area contributed by atoms with Crippen molar-refractivity contribution in [2.24, 2.45) is 5.92 Å². The van der Waals surface area contributed by atoms with Gasteiger partial charge in [0.2, 0.25) is 0 Å². The molecule has 0 unspecified atom stereocenters. The average Bonchev–Trinajstić information content (AvgIpc) is 2.78. The summed E-state index contributed by atoms with van der Waals surface area (Å²) in [4.78, 5) is 14.3. The molecule has 0 N–H and O–H groups in total. The third-order valence-corrected chi connectivity index (χ3v) is 4.17. The van der Waals surface area contributed by atoms with Gasteiger partial charge in [-0.15, -0.1) is 11.3 Å². The molecule has 0 aliphatic carbocycles. The minimum Gasteiger partial charge on any atom is -0.298 e. The lowest BCUT2D eigenvalue weighted by Gasteiger charge is -2.29. The fourth-order valence-electron chi connectivity index (χ4n) is 2.21. The van der Waals surface area contributed by atoms with E-state index in [4.69, 9.17) is 5.26 Å². The Labute approximate surface area is 106 Å². The van der Waals surface area contributed by atoms with Gasteiger partial charge in [-0.3, -0.25) is 9.69 Å². The molecule has 0 spiro atoms. The zero-order valence-corrected chi connectivity index (χ0v) is 10.8. The molecule has 0 saturated carbocycles. The van der Waals surface area contributed by atoms with Gasteiger partial charge in [0.05, 0.1) is 16.9 Å². The van der Waals surface area contributed by atoms with Crippen LogP contribution >= 0.6 is 11.3 Å². The fraction of sp³-hybridized carbons (Fsp3) is 0.538. The summed E-state index contributed by atoms with van der Waals surface area (Å²) in [5, 5.41) is 11.0. The molecule has 0 radical (unpaired) electrons. The SMILES string of the molecule is CC(=O)c1cc(CN2CCC[C@@H](C#N)C2)cs1. The largest absolute Gasteiger partial charge is 0.298 e. The van der Waals surface area contributed by atoms with Crippen molar-refractivity contribution in [3.05, 3.63) is 21.9 Å². The highest BCUT2D eigenvalue weighted by atomic mass is 32.1. The molecule has 1 aliphatic heterocycles. The highest BCUT2D eigenvalue weighted by molar-refractivity contribution is 7.12. The van der Waals surface area contributed by atoms with Gasteiger partial charge < -0.3 is 0 Å². The predicted molar refractivity (Wildman–Crippen MR) is 67.9 cm³/mol. The first-order valence-corrected chi connectivity index (χ1v) is 6.77. The second-order valence-electron chi connectivity index (χ2n) is 4.58. The number of ketones is 1. The molecular weight excluding hydrogens is 232 g/mol. The first-order chi connectivity index (χ1) is 8.19. The van der Waals surface area contributed by atoms with Crippen molar-refractivity contribution in [3.63, 3.8) is 0 Å². The molecule has 1 aliphatic rings. The molecule has 4 heteroatoms. The minimum atomic E-state index is 0.134. The number of hydrogen-bond acceptors (Lipinski definition) is 4. The first-order valence-electron chi connectivity index (χ1n) is 5.89. The fourth-order valence-corrected chi connectivity index (χ4v) is 3.01. The number of piperidine rings is 1. The van der Waals surface area contributed by atoms with Crippen molar-refractivity contribution in [3.8, 4) is 6.07 Å². The van der Waals surface area contributed by atoms with Gasteiger partial charge in [0.25, 0.3) is 0 Å². The van der Waals surface area contributed by atoms with E-state index >= 15 is 0 Å². The van der Waals surface area contributed by atoms with Crippen LogP contribution in [0.2, 0.25) is 0 Å². The van der Waals surface area contributed by atoms with E-state index in [9.17, 15) is 4.79 Å². The van der Waals surface area contributed by atoms with Crippen LogP contribution in [0.5, 0.6) is 0 Å². The Hall–Kier alpha value is -1.18. The molecule has 2 heterocycles. The van der Waals surface area contributed by atoms with Gasteiger partial charge in [0.1, 0.15) is 0 Å². The molecule has 1 atom stereocenters. The summed E-state index contributed by atoms with van der Waals surface area (Å²) < 4.78 is 0. The normalized spacial score (nSPS) is 21.1. The van der Waals surface area contributed by atoms with Crippen LogP contribution in [-0.2, 0) is 6.54 Å². The molecule has 0 bridgehead atoms. The van der Waals surface area contributed by atoms with Gasteiger partial charge in [0.15, 0.2) is 5.78 Å². The van der Waals surface area contributed by atoms with E-state index in [1.807, 2.05) is 11.4 Å². The van der Waals surface area contributed by atoms with Gasteiger partial charge in [-0.25, -0.2) is 0 Å². The summed E-state index contributed by atoms with van der Waals surface area (Å²) in [6, 6.07) is 4.33. The Balaban J connectivity index is 1.96. The molecule has 1 saturated heterocycles. The Bertz CT molecular complexity index is 447. The summed E-state index contributed by atoms with van der Waals surface area (Å²) in [6.45, 7) is 4.38. The number of carbonyl (C=O) groups excluding carboxylic acids is 1. The molecule has 1 aromatic rings. The minimum absolute atomic E-state index is 0.134. The topological polar surface area (TPSA) is 44.1 Å². The maximum Gasteiger partial charge on any atom is 0.169 e. The second-order valence-corrected chi connectivity index (χ2v) is 5.49. The number of rotatable bonds is 3. The Morgan fingerprint density at radius 2 is 2.53 bits per heavy atom. The van der Waals surface area contributed by atoms with Crippen LogP contribution in [0.15, 0.2) is 11.4 Å².